The molecule has 1 unspecified atom stereocenters. The maximum atomic E-state index is 13.9. The van der Waals surface area contributed by atoms with Crippen molar-refractivity contribution in [3.05, 3.63) is 29.6 Å². The molecule has 0 spiro atoms. The number of rotatable bonds is 9. The predicted molar refractivity (Wildman–Crippen MR) is 79.6 cm³/mol. The minimum Gasteiger partial charge on any atom is -0.497 e. The van der Waals surface area contributed by atoms with Gasteiger partial charge in [0, 0.05) is 30.8 Å². The average Bonchev–Trinajstić information content (AvgIpc) is 2.41. The summed E-state index contributed by atoms with van der Waals surface area (Å²) in [4.78, 5) is 0. The Balaban J connectivity index is 2.30. The molecule has 0 fully saturated rings. The molecule has 20 heavy (non-hydrogen) atoms. The van der Waals surface area contributed by atoms with Crippen molar-refractivity contribution in [3.8, 4) is 5.75 Å². The summed E-state index contributed by atoms with van der Waals surface area (Å²) in [6, 6.07) is 4.89. The standard InChI is InChI=1S/C16H26FNO2/c1-12(2)7-9-20-10-8-18-13(3)15-6-5-14(19-4)11-16(15)17/h5-6,11-13,18H,7-10H2,1-4H3. The molecule has 0 aliphatic heterocycles. The van der Waals surface area contributed by atoms with Gasteiger partial charge in [-0.15, -0.1) is 0 Å². The maximum Gasteiger partial charge on any atom is 0.131 e. The monoisotopic (exact) mass is 283 g/mol. The number of hydrogen-bond acceptors (Lipinski definition) is 3. The lowest BCUT2D eigenvalue weighted by atomic mass is 10.1. The van der Waals surface area contributed by atoms with Gasteiger partial charge in [-0.2, -0.15) is 0 Å². The molecule has 0 heterocycles. The van der Waals surface area contributed by atoms with Gasteiger partial charge in [0.2, 0.25) is 0 Å². The largest absolute Gasteiger partial charge is 0.497 e. The Morgan fingerprint density at radius 1 is 1.20 bits per heavy atom. The Morgan fingerprint density at radius 3 is 2.55 bits per heavy atom. The van der Waals surface area contributed by atoms with Crippen LogP contribution >= 0.6 is 0 Å². The molecule has 1 aromatic carbocycles. The number of methoxy groups -OCH3 is 1. The first-order valence-electron chi connectivity index (χ1n) is 7.19. The average molecular weight is 283 g/mol. The molecule has 3 nitrogen and oxygen atoms in total. The van der Waals surface area contributed by atoms with Crippen LogP contribution in [0.15, 0.2) is 18.2 Å². The van der Waals surface area contributed by atoms with Crippen LogP contribution < -0.4 is 10.1 Å². The summed E-state index contributed by atoms with van der Waals surface area (Å²) in [7, 11) is 1.53. The Morgan fingerprint density at radius 2 is 1.95 bits per heavy atom. The van der Waals surface area contributed by atoms with Gasteiger partial charge in [0.05, 0.1) is 13.7 Å². The molecule has 0 aliphatic carbocycles. The topological polar surface area (TPSA) is 30.5 Å². The van der Waals surface area contributed by atoms with E-state index in [0.29, 0.717) is 30.4 Å². The molecule has 1 rings (SSSR count). The van der Waals surface area contributed by atoms with Crippen LogP contribution in [0.1, 0.15) is 38.8 Å². The van der Waals surface area contributed by atoms with Gasteiger partial charge in [0.1, 0.15) is 11.6 Å². The van der Waals surface area contributed by atoms with Gasteiger partial charge >= 0.3 is 0 Å². The minimum absolute atomic E-state index is 0.0467. The van der Waals surface area contributed by atoms with E-state index in [9.17, 15) is 4.39 Å². The molecule has 1 atom stereocenters. The number of ether oxygens (including phenoxy) is 2. The Labute approximate surface area is 121 Å². The Hall–Kier alpha value is -1.13. The molecule has 4 heteroatoms. The van der Waals surface area contributed by atoms with E-state index in [1.807, 2.05) is 6.92 Å². The second-order valence-electron chi connectivity index (χ2n) is 5.36. The highest BCUT2D eigenvalue weighted by molar-refractivity contribution is 5.30. The molecule has 0 amide bonds. The summed E-state index contributed by atoms with van der Waals surface area (Å²) in [5.41, 5.74) is 0.646. The highest BCUT2D eigenvalue weighted by Gasteiger charge is 2.11. The van der Waals surface area contributed by atoms with Crippen molar-refractivity contribution in [3.63, 3.8) is 0 Å². The number of benzene rings is 1. The van der Waals surface area contributed by atoms with Gasteiger partial charge in [-0.25, -0.2) is 4.39 Å². The van der Waals surface area contributed by atoms with Crippen molar-refractivity contribution in [1.82, 2.24) is 5.32 Å². The fourth-order valence-corrected chi connectivity index (χ4v) is 1.86. The highest BCUT2D eigenvalue weighted by Crippen LogP contribution is 2.21. The highest BCUT2D eigenvalue weighted by atomic mass is 19.1. The van der Waals surface area contributed by atoms with Crippen molar-refractivity contribution in [2.24, 2.45) is 5.92 Å². The van der Waals surface area contributed by atoms with E-state index in [1.165, 1.54) is 13.2 Å². The second-order valence-corrected chi connectivity index (χ2v) is 5.36. The summed E-state index contributed by atoms with van der Waals surface area (Å²) in [6.07, 6.45) is 1.07. The molecule has 0 radical (unpaired) electrons. The van der Waals surface area contributed by atoms with Crippen LogP contribution in [-0.4, -0.2) is 26.9 Å². The fourth-order valence-electron chi connectivity index (χ4n) is 1.86. The minimum atomic E-state index is -0.245. The first-order valence-corrected chi connectivity index (χ1v) is 7.19. The first-order chi connectivity index (χ1) is 9.54. The third-order valence-corrected chi connectivity index (χ3v) is 3.21. The molecule has 0 aliphatic rings. The van der Waals surface area contributed by atoms with Gasteiger partial charge in [-0.3, -0.25) is 0 Å². The Bertz CT molecular complexity index is 396. The summed E-state index contributed by atoms with van der Waals surface area (Å²) in [6.45, 7) is 8.44. The van der Waals surface area contributed by atoms with Gasteiger partial charge in [-0.05, 0) is 25.3 Å². The normalized spacial score (nSPS) is 12.7. The molecular weight excluding hydrogens is 257 g/mol. The maximum absolute atomic E-state index is 13.9. The zero-order valence-electron chi connectivity index (χ0n) is 12.9. The number of nitrogens with one attached hydrogen (secondary N) is 1. The Kier molecular flexibility index (Phi) is 7.55. The predicted octanol–water partition coefficient (Wildman–Crippen LogP) is 3.55. The van der Waals surface area contributed by atoms with E-state index in [4.69, 9.17) is 9.47 Å². The molecule has 114 valence electrons. The van der Waals surface area contributed by atoms with Crippen molar-refractivity contribution in [2.75, 3.05) is 26.9 Å². The van der Waals surface area contributed by atoms with Crippen molar-refractivity contribution < 1.29 is 13.9 Å². The molecule has 0 saturated carbocycles. The zero-order valence-corrected chi connectivity index (χ0v) is 12.9. The smallest absolute Gasteiger partial charge is 0.131 e. The van der Waals surface area contributed by atoms with E-state index in [-0.39, 0.29) is 11.9 Å². The lowest BCUT2D eigenvalue weighted by Gasteiger charge is -2.16. The van der Waals surface area contributed by atoms with E-state index in [1.54, 1.807) is 12.1 Å². The van der Waals surface area contributed by atoms with Crippen LogP contribution in [0.2, 0.25) is 0 Å². The van der Waals surface area contributed by atoms with Crippen LogP contribution in [0.3, 0.4) is 0 Å². The van der Waals surface area contributed by atoms with Gasteiger partial charge in [-0.1, -0.05) is 19.9 Å². The van der Waals surface area contributed by atoms with Crippen molar-refractivity contribution in [1.29, 1.82) is 0 Å². The van der Waals surface area contributed by atoms with Crippen LogP contribution in [0.5, 0.6) is 5.75 Å². The lowest BCUT2D eigenvalue weighted by Crippen LogP contribution is -2.24. The molecule has 0 saturated heterocycles. The van der Waals surface area contributed by atoms with Crippen LogP contribution in [-0.2, 0) is 4.74 Å². The molecule has 0 aromatic heterocycles. The second kappa shape index (κ2) is 8.93. The SMILES string of the molecule is COc1ccc(C(C)NCCOCCC(C)C)c(F)c1. The van der Waals surface area contributed by atoms with E-state index >= 15 is 0 Å². The first kappa shape index (κ1) is 16.9. The number of hydrogen-bond donors (Lipinski definition) is 1. The van der Waals surface area contributed by atoms with E-state index < -0.39 is 0 Å². The quantitative estimate of drug-likeness (QED) is 0.703. The van der Waals surface area contributed by atoms with Crippen LogP contribution in [0.4, 0.5) is 4.39 Å². The van der Waals surface area contributed by atoms with E-state index in [0.717, 1.165) is 13.0 Å². The van der Waals surface area contributed by atoms with Crippen LogP contribution in [0.25, 0.3) is 0 Å². The summed E-state index contributed by atoms with van der Waals surface area (Å²) in [5.74, 6) is 0.954. The molecule has 0 bridgehead atoms. The van der Waals surface area contributed by atoms with E-state index in [2.05, 4.69) is 19.2 Å². The van der Waals surface area contributed by atoms with Gasteiger partial charge in [0.25, 0.3) is 0 Å². The molecular formula is C16H26FNO2. The zero-order chi connectivity index (χ0) is 15.0. The number of halogens is 1. The van der Waals surface area contributed by atoms with Crippen molar-refractivity contribution >= 4 is 0 Å². The molecule has 1 N–H and O–H groups in total. The van der Waals surface area contributed by atoms with Gasteiger partial charge in [0.15, 0.2) is 0 Å². The summed E-state index contributed by atoms with van der Waals surface area (Å²) in [5, 5.41) is 3.26. The summed E-state index contributed by atoms with van der Waals surface area (Å²) < 4.78 is 24.4. The summed E-state index contributed by atoms with van der Waals surface area (Å²) >= 11 is 0. The molecule has 1 aromatic rings. The van der Waals surface area contributed by atoms with Gasteiger partial charge < -0.3 is 14.8 Å². The van der Waals surface area contributed by atoms with Crippen molar-refractivity contribution in [2.45, 2.75) is 33.2 Å². The van der Waals surface area contributed by atoms with Crippen LogP contribution in [0, 0.1) is 11.7 Å². The fraction of sp³-hybridized carbons (Fsp3) is 0.625. The lowest BCUT2D eigenvalue weighted by molar-refractivity contribution is 0.123. The third-order valence-electron chi connectivity index (χ3n) is 3.21. The third kappa shape index (κ3) is 5.88.